The van der Waals surface area contributed by atoms with Gasteiger partial charge in [-0.3, -0.25) is 14.5 Å². The quantitative estimate of drug-likeness (QED) is 0.586. The Kier molecular flexibility index (Phi) is 8.07. The molecule has 2 atom stereocenters. The third-order valence-electron chi connectivity index (χ3n) is 6.61. The molecule has 9 nitrogen and oxygen atoms in total. The SMILES string of the molecule is CN1CCN2[C@@H](CCC(=O)O)C(=O)N(Cc3ccccc3Cl)C[C@@H]2N1C(=O)NCc1ccc(F)cc1. The number of piperazine rings is 1. The van der Waals surface area contributed by atoms with Gasteiger partial charge in [-0.25, -0.2) is 19.2 Å². The lowest BCUT2D eigenvalue weighted by molar-refractivity contribution is -0.176. The molecular formula is C25H29ClFN5O4. The fourth-order valence-electron chi connectivity index (χ4n) is 4.75. The van der Waals surface area contributed by atoms with Gasteiger partial charge in [0.05, 0.1) is 12.6 Å². The first-order valence-corrected chi connectivity index (χ1v) is 12.1. The monoisotopic (exact) mass is 517 g/mol. The van der Waals surface area contributed by atoms with Crippen molar-refractivity contribution in [3.8, 4) is 0 Å². The minimum absolute atomic E-state index is 0.137. The van der Waals surface area contributed by atoms with Crippen molar-refractivity contribution in [3.63, 3.8) is 0 Å². The molecule has 192 valence electrons. The highest BCUT2D eigenvalue weighted by Gasteiger charge is 2.47. The van der Waals surface area contributed by atoms with Gasteiger partial charge in [-0.05, 0) is 35.7 Å². The maximum absolute atomic E-state index is 13.5. The van der Waals surface area contributed by atoms with Crippen LogP contribution >= 0.6 is 11.6 Å². The number of carbonyl (C=O) groups excluding carboxylic acids is 2. The summed E-state index contributed by atoms with van der Waals surface area (Å²) in [4.78, 5) is 41.7. The predicted octanol–water partition coefficient (Wildman–Crippen LogP) is 2.76. The Morgan fingerprint density at radius 3 is 2.56 bits per heavy atom. The zero-order valence-electron chi connectivity index (χ0n) is 19.9. The smallest absolute Gasteiger partial charge is 0.333 e. The number of fused-ring (bicyclic) bond motifs is 1. The summed E-state index contributed by atoms with van der Waals surface area (Å²) >= 11 is 6.35. The number of benzene rings is 2. The number of hydrogen-bond donors (Lipinski definition) is 2. The minimum Gasteiger partial charge on any atom is -0.481 e. The van der Waals surface area contributed by atoms with Crippen LogP contribution in [0.25, 0.3) is 0 Å². The van der Waals surface area contributed by atoms with Crippen LogP contribution < -0.4 is 5.32 Å². The Morgan fingerprint density at radius 1 is 1.14 bits per heavy atom. The first kappa shape index (κ1) is 25.9. The first-order valence-electron chi connectivity index (χ1n) is 11.8. The van der Waals surface area contributed by atoms with Gasteiger partial charge in [-0.1, -0.05) is 41.9 Å². The maximum atomic E-state index is 13.5. The van der Waals surface area contributed by atoms with Crippen LogP contribution in [0.5, 0.6) is 0 Å². The van der Waals surface area contributed by atoms with Crippen LogP contribution in [0, 0.1) is 5.82 Å². The molecule has 2 aliphatic heterocycles. The standard InChI is InChI=1S/C25H29ClFN5O4/c1-29-12-13-31-21(10-11-23(33)34)24(35)30(15-18-4-2-3-5-20(18)26)16-22(31)32(29)25(36)28-14-17-6-8-19(27)9-7-17/h2-9,21-22H,10-16H2,1H3,(H,28,36)(H,33,34)/t21-,22-/m0/s1. The van der Waals surface area contributed by atoms with E-state index in [1.165, 1.54) is 12.1 Å². The molecule has 0 aromatic heterocycles. The van der Waals surface area contributed by atoms with Crippen molar-refractivity contribution in [2.75, 3.05) is 26.7 Å². The minimum atomic E-state index is -0.981. The number of carboxylic acid groups (broad SMARTS) is 1. The largest absolute Gasteiger partial charge is 0.481 e. The van der Waals surface area contributed by atoms with Crippen molar-refractivity contribution >= 4 is 29.5 Å². The number of nitrogens with one attached hydrogen (secondary N) is 1. The third-order valence-corrected chi connectivity index (χ3v) is 6.98. The third kappa shape index (κ3) is 5.77. The molecule has 0 radical (unpaired) electrons. The van der Waals surface area contributed by atoms with Crippen molar-refractivity contribution in [3.05, 3.63) is 70.5 Å². The van der Waals surface area contributed by atoms with E-state index in [9.17, 15) is 23.9 Å². The molecule has 3 amide bonds. The number of urea groups is 1. The molecule has 0 aliphatic carbocycles. The molecule has 2 aromatic rings. The van der Waals surface area contributed by atoms with Crippen molar-refractivity contribution in [1.29, 1.82) is 0 Å². The molecule has 2 fully saturated rings. The number of nitrogens with zero attached hydrogens (tertiary/aromatic N) is 4. The molecule has 0 bridgehead atoms. The van der Waals surface area contributed by atoms with E-state index < -0.39 is 18.2 Å². The Balaban J connectivity index is 1.57. The zero-order chi connectivity index (χ0) is 25.8. The number of carbonyl (C=O) groups is 3. The lowest BCUT2D eigenvalue weighted by atomic mass is 10.0. The van der Waals surface area contributed by atoms with E-state index in [0.717, 1.165) is 11.1 Å². The molecule has 2 aromatic carbocycles. The van der Waals surface area contributed by atoms with E-state index in [1.807, 2.05) is 23.1 Å². The number of carboxylic acids is 1. The number of rotatable bonds is 7. The van der Waals surface area contributed by atoms with Crippen LogP contribution in [0.1, 0.15) is 24.0 Å². The van der Waals surface area contributed by atoms with Crippen molar-refractivity contribution in [2.24, 2.45) is 0 Å². The molecule has 2 aliphatic rings. The number of hydrogen-bond acceptors (Lipinski definition) is 5. The molecule has 4 rings (SSSR count). The van der Waals surface area contributed by atoms with Crippen LogP contribution in [0.3, 0.4) is 0 Å². The molecule has 0 saturated carbocycles. The number of aliphatic carboxylic acids is 1. The lowest BCUT2D eigenvalue weighted by Crippen LogP contribution is -2.74. The fraction of sp³-hybridized carbons (Fsp3) is 0.400. The summed E-state index contributed by atoms with van der Waals surface area (Å²) in [5.41, 5.74) is 1.52. The molecule has 2 heterocycles. The second kappa shape index (κ2) is 11.2. The zero-order valence-corrected chi connectivity index (χ0v) is 20.7. The topological polar surface area (TPSA) is 96.4 Å². The molecule has 2 saturated heterocycles. The molecule has 0 spiro atoms. The summed E-state index contributed by atoms with van der Waals surface area (Å²) in [5.74, 6) is -1.51. The molecular weight excluding hydrogens is 489 g/mol. The van der Waals surface area contributed by atoms with Gasteiger partial charge in [0, 0.05) is 44.7 Å². The van der Waals surface area contributed by atoms with Gasteiger partial charge >= 0.3 is 12.0 Å². The Hall–Kier alpha value is -3.21. The molecule has 11 heteroatoms. The highest BCUT2D eigenvalue weighted by molar-refractivity contribution is 6.31. The van der Waals surface area contributed by atoms with Crippen molar-refractivity contribution in [1.82, 2.24) is 25.1 Å². The second-order valence-electron chi connectivity index (χ2n) is 8.99. The first-order chi connectivity index (χ1) is 17.2. The molecule has 2 N–H and O–H groups in total. The molecule has 36 heavy (non-hydrogen) atoms. The van der Waals surface area contributed by atoms with Crippen molar-refractivity contribution in [2.45, 2.75) is 38.1 Å². The summed E-state index contributed by atoms with van der Waals surface area (Å²) in [7, 11) is 1.80. The average Bonchev–Trinajstić information content (AvgIpc) is 2.85. The summed E-state index contributed by atoms with van der Waals surface area (Å²) in [6, 6.07) is 12.1. The van der Waals surface area contributed by atoms with E-state index in [2.05, 4.69) is 5.32 Å². The maximum Gasteiger partial charge on any atom is 0.333 e. The normalized spacial score (nSPS) is 20.8. The number of hydrazine groups is 1. The summed E-state index contributed by atoms with van der Waals surface area (Å²) in [6.07, 6.45) is -0.513. The van der Waals surface area contributed by atoms with Crippen LogP contribution in [0.2, 0.25) is 5.02 Å². The Morgan fingerprint density at radius 2 is 1.86 bits per heavy atom. The summed E-state index contributed by atoms with van der Waals surface area (Å²) in [5, 5.41) is 16.1. The summed E-state index contributed by atoms with van der Waals surface area (Å²) < 4.78 is 13.2. The van der Waals surface area contributed by atoms with Crippen molar-refractivity contribution < 1.29 is 23.9 Å². The molecule has 0 unspecified atom stereocenters. The van der Waals surface area contributed by atoms with E-state index in [-0.39, 0.29) is 50.2 Å². The van der Waals surface area contributed by atoms with Crippen LogP contribution in [0.15, 0.2) is 48.5 Å². The number of amides is 3. The van der Waals surface area contributed by atoms with Crippen LogP contribution in [-0.2, 0) is 22.7 Å². The van der Waals surface area contributed by atoms with Crippen LogP contribution in [-0.4, -0.2) is 81.7 Å². The number of halogens is 2. The van der Waals surface area contributed by atoms with E-state index in [4.69, 9.17) is 11.6 Å². The van der Waals surface area contributed by atoms with Gasteiger partial charge in [-0.15, -0.1) is 0 Å². The second-order valence-corrected chi connectivity index (χ2v) is 9.40. The van der Waals surface area contributed by atoms with Gasteiger partial charge in [0.1, 0.15) is 12.0 Å². The highest BCUT2D eigenvalue weighted by Crippen LogP contribution is 2.29. The summed E-state index contributed by atoms with van der Waals surface area (Å²) in [6.45, 7) is 1.70. The van der Waals surface area contributed by atoms with Gasteiger partial charge < -0.3 is 15.3 Å². The van der Waals surface area contributed by atoms with Gasteiger partial charge in [0.25, 0.3) is 0 Å². The van der Waals surface area contributed by atoms with Gasteiger partial charge in [-0.2, -0.15) is 0 Å². The highest BCUT2D eigenvalue weighted by atomic mass is 35.5. The Labute approximate surface area is 214 Å². The van der Waals surface area contributed by atoms with Crippen LogP contribution in [0.4, 0.5) is 9.18 Å². The van der Waals surface area contributed by atoms with E-state index in [0.29, 0.717) is 18.1 Å². The lowest BCUT2D eigenvalue weighted by Gasteiger charge is -2.54. The fourth-order valence-corrected chi connectivity index (χ4v) is 4.94. The predicted molar refractivity (Wildman–Crippen MR) is 131 cm³/mol. The van der Waals surface area contributed by atoms with Gasteiger partial charge in [0.15, 0.2) is 0 Å². The van der Waals surface area contributed by atoms with E-state index >= 15 is 0 Å². The van der Waals surface area contributed by atoms with Gasteiger partial charge in [0.2, 0.25) is 5.91 Å². The van der Waals surface area contributed by atoms with E-state index in [1.54, 1.807) is 40.2 Å². The Bertz CT molecular complexity index is 1120. The average molecular weight is 518 g/mol. The number of likely N-dealkylation sites (N-methyl/N-ethyl adjacent to an activating group) is 1.